The molecular formula is C14H15F2NO3. The maximum absolute atomic E-state index is 13.0. The summed E-state index contributed by atoms with van der Waals surface area (Å²) in [6, 6.07) is 1.46. The van der Waals surface area contributed by atoms with Crippen LogP contribution in [0.1, 0.15) is 26.3 Å². The van der Waals surface area contributed by atoms with E-state index in [0.29, 0.717) is 6.07 Å². The van der Waals surface area contributed by atoms with E-state index in [0.717, 1.165) is 6.07 Å². The number of carbonyl (C=O) groups is 1. The zero-order chi connectivity index (χ0) is 15.3. The van der Waals surface area contributed by atoms with Gasteiger partial charge in [-0.25, -0.2) is 13.6 Å². The number of amides is 1. The van der Waals surface area contributed by atoms with E-state index < -0.39 is 29.1 Å². The van der Waals surface area contributed by atoms with Gasteiger partial charge in [-0.3, -0.25) is 0 Å². The number of hydrogen-bond acceptors (Lipinski definition) is 3. The second-order valence-electron chi connectivity index (χ2n) is 4.94. The highest BCUT2D eigenvalue weighted by Crippen LogP contribution is 2.21. The Hall–Kier alpha value is -2.29. The molecule has 0 aliphatic carbocycles. The number of aromatic hydroxyl groups is 1. The largest absolute Gasteiger partial charge is 0.504 e. The van der Waals surface area contributed by atoms with Gasteiger partial charge < -0.3 is 15.2 Å². The van der Waals surface area contributed by atoms with E-state index in [1.165, 1.54) is 0 Å². The molecule has 0 aromatic heterocycles. The number of carbonyl (C=O) groups excluding carboxylic acids is 1. The third kappa shape index (κ3) is 5.14. The van der Waals surface area contributed by atoms with Gasteiger partial charge in [0.1, 0.15) is 11.4 Å². The molecule has 108 valence electrons. The zero-order valence-corrected chi connectivity index (χ0v) is 11.4. The van der Waals surface area contributed by atoms with E-state index >= 15 is 0 Å². The Bertz CT molecular complexity index is 568. The first-order chi connectivity index (χ1) is 9.19. The molecule has 1 amide bonds. The van der Waals surface area contributed by atoms with Crippen molar-refractivity contribution in [2.75, 3.05) is 6.54 Å². The topological polar surface area (TPSA) is 58.6 Å². The maximum atomic E-state index is 13.0. The van der Waals surface area contributed by atoms with Crippen molar-refractivity contribution >= 4 is 6.09 Å². The molecule has 0 saturated carbocycles. The van der Waals surface area contributed by atoms with Gasteiger partial charge in [0.05, 0.1) is 12.1 Å². The van der Waals surface area contributed by atoms with Crippen molar-refractivity contribution in [2.45, 2.75) is 26.4 Å². The Balaban J connectivity index is 2.62. The molecule has 6 heteroatoms. The molecule has 1 rings (SSSR count). The van der Waals surface area contributed by atoms with E-state index in [1.807, 2.05) is 0 Å². The summed E-state index contributed by atoms with van der Waals surface area (Å²) in [6.45, 7) is 5.07. The molecule has 0 atom stereocenters. The van der Waals surface area contributed by atoms with Crippen LogP contribution in [0.5, 0.6) is 5.75 Å². The number of rotatable bonds is 1. The molecular weight excluding hydrogens is 268 g/mol. The molecule has 0 radical (unpaired) electrons. The van der Waals surface area contributed by atoms with Crippen LogP contribution >= 0.6 is 0 Å². The molecule has 0 bridgehead atoms. The van der Waals surface area contributed by atoms with Crippen molar-refractivity contribution in [2.24, 2.45) is 0 Å². The van der Waals surface area contributed by atoms with Crippen molar-refractivity contribution in [1.29, 1.82) is 0 Å². The third-order valence-corrected chi connectivity index (χ3v) is 1.97. The number of halogens is 2. The summed E-state index contributed by atoms with van der Waals surface area (Å²) >= 11 is 0. The fourth-order valence-electron chi connectivity index (χ4n) is 1.23. The average molecular weight is 283 g/mol. The molecule has 4 nitrogen and oxygen atoms in total. The first kappa shape index (κ1) is 15.8. The number of ether oxygens (including phenoxy) is 1. The van der Waals surface area contributed by atoms with Gasteiger partial charge >= 0.3 is 6.09 Å². The predicted molar refractivity (Wildman–Crippen MR) is 69.1 cm³/mol. The van der Waals surface area contributed by atoms with Crippen LogP contribution in [0.4, 0.5) is 13.6 Å². The molecule has 0 saturated heterocycles. The monoisotopic (exact) mass is 283 g/mol. The Morgan fingerprint density at radius 2 is 2.05 bits per heavy atom. The number of phenolic OH excluding ortho intramolecular Hbond substituents is 1. The second-order valence-corrected chi connectivity index (χ2v) is 4.94. The second kappa shape index (κ2) is 6.24. The van der Waals surface area contributed by atoms with E-state index in [9.17, 15) is 18.7 Å². The summed E-state index contributed by atoms with van der Waals surface area (Å²) < 4.78 is 30.9. The molecule has 2 N–H and O–H groups in total. The minimum Gasteiger partial charge on any atom is -0.504 e. The molecule has 20 heavy (non-hydrogen) atoms. The summed E-state index contributed by atoms with van der Waals surface area (Å²) in [7, 11) is 0. The Labute approximate surface area is 115 Å². The molecule has 0 heterocycles. The van der Waals surface area contributed by atoms with E-state index in [-0.39, 0.29) is 12.1 Å². The van der Waals surface area contributed by atoms with Gasteiger partial charge in [-0.15, -0.1) is 0 Å². The Morgan fingerprint density at radius 3 is 2.65 bits per heavy atom. The van der Waals surface area contributed by atoms with Crippen LogP contribution in [0, 0.1) is 23.5 Å². The highest BCUT2D eigenvalue weighted by molar-refractivity contribution is 5.68. The third-order valence-electron chi connectivity index (χ3n) is 1.97. The van der Waals surface area contributed by atoms with Crippen molar-refractivity contribution in [1.82, 2.24) is 5.32 Å². The summed E-state index contributed by atoms with van der Waals surface area (Å²) in [6.07, 6.45) is -0.651. The molecule has 0 spiro atoms. The summed E-state index contributed by atoms with van der Waals surface area (Å²) in [5.41, 5.74) is -0.810. The fraction of sp³-hybridized carbons (Fsp3) is 0.357. The van der Waals surface area contributed by atoms with Gasteiger partial charge in [-0.1, -0.05) is 11.8 Å². The average Bonchev–Trinajstić information content (AvgIpc) is 2.28. The summed E-state index contributed by atoms with van der Waals surface area (Å²) in [5, 5.41) is 11.7. The van der Waals surface area contributed by atoms with Crippen LogP contribution < -0.4 is 5.32 Å². The lowest BCUT2D eigenvalue weighted by Crippen LogP contribution is -2.32. The number of hydrogen-bond donors (Lipinski definition) is 2. The molecule has 0 unspecified atom stereocenters. The Morgan fingerprint density at radius 1 is 1.40 bits per heavy atom. The standard InChI is InChI=1S/C14H15F2NO3/c1-14(2,3)20-13(19)17-6-4-5-9-7-10(15)8-11(16)12(9)18/h7-8,18H,6H2,1-3H3,(H,17,19). The van der Waals surface area contributed by atoms with Crippen LogP contribution in [0.15, 0.2) is 12.1 Å². The Kier molecular flexibility index (Phi) is 4.92. The van der Waals surface area contributed by atoms with E-state index in [2.05, 4.69) is 17.2 Å². The number of phenols is 1. The number of benzene rings is 1. The molecule has 0 fully saturated rings. The highest BCUT2D eigenvalue weighted by Gasteiger charge is 2.15. The summed E-state index contributed by atoms with van der Waals surface area (Å²) in [5.74, 6) is 2.16. The molecule has 0 aliphatic rings. The first-order valence-electron chi connectivity index (χ1n) is 5.83. The van der Waals surface area contributed by atoms with Gasteiger partial charge in [-0.2, -0.15) is 0 Å². The summed E-state index contributed by atoms with van der Waals surface area (Å²) in [4.78, 5) is 11.3. The normalized spacial score (nSPS) is 10.4. The van der Waals surface area contributed by atoms with Crippen LogP contribution in [0.3, 0.4) is 0 Å². The van der Waals surface area contributed by atoms with E-state index in [1.54, 1.807) is 20.8 Å². The smallest absolute Gasteiger partial charge is 0.408 e. The van der Waals surface area contributed by atoms with E-state index in [4.69, 9.17) is 4.74 Å². The van der Waals surface area contributed by atoms with Crippen molar-refractivity contribution in [3.63, 3.8) is 0 Å². The SMILES string of the molecule is CC(C)(C)OC(=O)NCC#Cc1cc(F)cc(F)c1O. The predicted octanol–water partition coefficient (Wildman–Crippen LogP) is 2.55. The van der Waals surface area contributed by atoms with Gasteiger partial charge in [-0.05, 0) is 26.8 Å². The van der Waals surface area contributed by atoms with Crippen molar-refractivity contribution in [3.8, 4) is 17.6 Å². The lowest BCUT2D eigenvalue weighted by Gasteiger charge is -2.19. The number of nitrogens with one attached hydrogen (secondary N) is 1. The minimum atomic E-state index is -1.09. The van der Waals surface area contributed by atoms with Crippen LogP contribution in [-0.2, 0) is 4.74 Å². The van der Waals surface area contributed by atoms with Crippen LogP contribution in [0.25, 0.3) is 0 Å². The highest BCUT2D eigenvalue weighted by atomic mass is 19.1. The molecule has 1 aromatic rings. The quantitative estimate of drug-likeness (QED) is 0.779. The van der Waals surface area contributed by atoms with Gasteiger partial charge in [0.25, 0.3) is 0 Å². The van der Waals surface area contributed by atoms with Crippen LogP contribution in [0.2, 0.25) is 0 Å². The van der Waals surface area contributed by atoms with Crippen LogP contribution in [-0.4, -0.2) is 23.3 Å². The lowest BCUT2D eigenvalue weighted by atomic mass is 10.2. The molecule has 0 aliphatic heterocycles. The van der Waals surface area contributed by atoms with Gasteiger partial charge in [0.15, 0.2) is 11.6 Å². The fourth-order valence-corrected chi connectivity index (χ4v) is 1.23. The van der Waals surface area contributed by atoms with Gasteiger partial charge in [0, 0.05) is 6.07 Å². The maximum Gasteiger partial charge on any atom is 0.408 e. The first-order valence-corrected chi connectivity index (χ1v) is 5.83. The molecule has 1 aromatic carbocycles. The van der Waals surface area contributed by atoms with Crippen molar-refractivity contribution < 1.29 is 23.4 Å². The minimum absolute atomic E-state index is 0.0769. The van der Waals surface area contributed by atoms with Crippen molar-refractivity contribution in [3.05, 3.63) is 29.3 Å². The zero-order valence-electron chi connectivity index (χ0n) is 11.4. The number of alkyl carbamates (subject to hydrolysis) is 1. The lowest BCUT2D eigenvalue weighted by molar-refractivity contribution is 0.0535. The van der Waals surface area contributed by atoms with Gasteiger partial charge in [0.2, 0.25) is 0 Å².